The number of hydrogen-bond donors (Lipinski definition) is 0. The smallest absolute Gasteiger partial charge is 0.381 e. The number of nitrogens with zero attached hydrogens (tertiary/aromatic N) is 2. The second-order valence-electron chi connectivity index (χ2n) is 6.38. The van der Waals surface area contributed by atoms with Crippen LogP contribution in [-0.4, -0.2) is 15.7 Å². The molecule has 0 atom stereocenters. The molecule has 0 saturated heterocycles. The molecule has 0 radical (unpaired) electrons. The van der Waals surface area contributed by atoms with Crippen molar-refractivity contribution in [2.24, 2.45) is 0 Å². The molecule has 5 nitrogen and oxygen atoms in total. The number of aryl methyl sites for hydroxylation is 2. The van der Waals surface area contributed by atoms with Gasteiger partial charge in [0, 0.05) is 4.90 Å². The van der Waals surface area contributed by atoms with E-state index in [0.717, 1.165) is 21.2 Å². The minimum atomic E-state index is -0.585. The van der Waals surface area contributed by atoms with Crippen LogP contribution in [0.1, 0.15) is 21.8 Å². The Balaban J connectivity index is 1.76. The maximum atomic E-state index is 12.7. The monoisotopic (exact) mass is 468 g/mol. The van der Waals surface area contributed by atoms with Crippen molar-refractivity contribution < 1.29 is 13.9 Å². The summed E-state index contributed by atoms with van der Waals surface area (Å²) in [4.78, 5) is 14.5. The van der Waals surface area contributed by atoms with Gasteiger partial charge >= 0.3 is 5.97 Å². The van der Waals surface area contributed by atoms with E-state index in [1.807, 2.05) is 68.4 Å². The van der Waals surface area contributed by atoms with Crippen molar-refractivity contribution in [3.63, 3.8) is 0 Å². The summed E-state index contributed by atoms with van der Waals surface area (Å²) in [6.07, 6.45) is 0. The van der Waals surface area contributed by atoms with Crippen LogP contribution in [-0.2, 0) is 0 Å². The largest absolute Gasteiger partial charge is 0.442 e. The first-order chi connectivity index (χ1) is 14.0. The number of carbonyl (C=O) groups is 1. The molecule has 0 aliphatic carbocycles. The van der Waals surface area contributed by atoms with Gasteiger partial charge < -0.3 is 9.15 Å². The third-order valence-corrected chi connectivity index (χ3v) is 5.78. The van der Waals surface area contributed by atoms with Gasteiger partial charge in [-0.3, -0.25) is 0 Å². The van der Waals surface area contributed by atoms with Crippen LogP contribution in [0, 0.1) is 13.8 Å². The van der Waals surface area contributed by atoms with Gasteiger partial charge in [-0.25, -0.2) is 4.79 Å². The van der Waals surface area contributed by atoms with Gasteiger partial charge in [-0.1, -0.05) is 47.7 Å². The van der Waals surface area contributed by atoms with Crippen LogP contribution in [0.2, 0.25) is 0 Å². The molecule has 7 heteroatoms. The molecular weight excluding hydrogens is 452 g/mol. The number of hydrogen-bond acceptors (Lipinski definition) is 5. The number of ether oxygens (including phenoxy) is 1. The number of aromatic nitrogens is 2. The fraction of sp³-hybridized carbons (Fsp3) is 0.0909. The summed E-state index contributed by atoms with van der Waals surface area (Å²) in [7, 11) is 0. The van der Waals surface area contributed by atoms with Crippen LogP contribution >= 0.6 is 27.7 Å². The maximum Gasteiger partial charge on any atom is 0.381 e. The van der Waals surface area contributed by atoms with Crippen LogP contribution in [0.25, 0.3) is 5.69 Å². The molecule has 4 rings (SSSR count). The summed E-state index contributed by atoms with van der Waals surface area (Å²) in [5.41, 5.74) is 2.75. The van der Waals surface area contributed by atoms with Crippen LogP contribution in [0.3, 0.4) is 0 Å². The summed E-state index contributed by atoms with van der Waals surface area (Å²) in [5.74, 6) is -0.114. The zero-order valence-electron chi connectivity index (χ0n) is 15.8. The first-order valence-corrected chi connectivity index (χ1v) is 10.5. The number of para-hydroxylation sites is 1. The van der Waals surface area contributed by atoms with E-state index in [2.05, 4.69) is 21.0 Å². The predicted octanol–water partition coefficient (Wildman–Crippen LogP) is 6.22. The molecule has 4 aromatic rings. The van der Waals surface area contributed by atoms with E-state index in [9.17, 15) is 4.79 Å². The topological polar surface area (TPSA) is 57.3 Å². The summed E-state index contributed by atoms with van der Waals surface area (Å²) in [5, 5.41) is 4.63. The molecule has 0 saturated carbocycles. The second-order valence-corrected chi connectivity index (χ2v) is 8.24. The molecule has 2 heterocycles. The zero-order chi connectivity index (χ0) is 20.4. The van der Waals surface area contributed by atoms with E-state index in [1.54, 1.807) is 16.8 Å². The fourth-order valence-corrected chi connectivity index (χ4v) is 3.95. The lowest BCUT2D eigenvalue weighted by atomic mass is 10.2. The molecule has 0 bridgehead atoms. The number of halogens is 1. The quantitative estimate of drug-likeness (QED) is 0.325. The average molecular weight is 469 g/mol. The van der Waals surface area contributed by atoms with Gasteiger partial charge in [0.15, 0.2) is 4.67 Å². The highest BCUT2D eigenvalue weighted by molar-refractivity contribution is 9.10. The first-order valence-electron chi connectivity index (χ1n) is 8.88. The van der Waals surface area contributed by atoms with Crippen molar-refractivity contribution in [1.29, 1.82) is 0 Å². The van der Waals surface area contributed by atoms with E-state index < -0.39 is 5.97 Å². The van der Waals surface area contributed by atoms with Crippen molar-refractivity contribution in [3.8, 4) is 11.6 Å². The lowest BCUT2D eigenvalue weighted by Gasteiger charge is -2.09. The molecule has 2 aromatic carbocycles. The first kappa shape index (κ1) is 19.5. The van der Waals surface area contributed by atoms with Crippen molar-refractivity contribution >= 4 is 33.7 Å². The highest BCUT2D eigenvalue weighted by atomic mass is 79.9. The molecule has 0 spiro atoms. The summed E-state index contributed by atoms with van der Waals surface area (Å²) >= 11 is 4.72. The van der Waals surface area contributed by atoms with Crippen molar-refractivity contribution in [1.82, 2.24) is 9.78 Å². The van der Waals surface area contributed by atoms with Crippen molar-refractivity contribution in [2.45, 2.75) is 23.6 Å². The summed E-state index contributed by atoms with van der Waals surface area (Å²) in [6.45, 7) is 3.94. The summed E-state index contributed by atoms with van der Waals surface area (Å²) < 4.78 is 13.2. The summed E-state index contributed by atoms with van der Waals surface area (Å²) in [6, 6.07) is 20.9. The van der Waals surface area contributed by atoms with E-state index in [4.69, 9.17) is 9.15 Å². The van der Waals surface area contributed by atoms with Crippen molar-refractivity contribution in [3.05, 3.63) is 88.4 Å². The Morgan fingerprint density at radius 2 is 1.76 bits per heavy atom. The fourth-order valence-electron chi connectivity index (χ4n) is 2.73. The molecule has 0 amide bonds. The van der Waals surface area contributed by atoms with Crippen molar-refractivity contribution in [2.75, 3.05) is 0 Å². The standard InChI is InChI=1S/C22H17BrN2O3S/c1-14-8-10-17(11-9-14)29-20-15(2)24-25(16-6-4-3-5-7-16)21(20)28-22(26)18-12-13-19(23)27-18/h3-13H,1-2H3. The van der Waals surface area contributed by atoms with Gasteiger partial charge in [0.05, 0.1) is 16.3 Å². The Morgan fingerprint density at radius 3 is 2.41 bits per heavy atom. The van der Waals surface area contributed by atoms with Gasteiger partial charge in [0.25, 0.3) is 0 Å². The Kier molecular flexibility index (Phi) is 5.60. The lowest BCUT2D eigenvalue weighted by molar-refractivity contribution is 0.0683. The number of benzene rings is 2. The molecule has 29 heavy (non-hydrogen) atoms. The van der Waals surface area contributed by atoms with Gasteiger partial charge in [-0.15, -0.1) is 0 Å². The number of furan rings is 1. The van der Waals surface area contributed by atoms with Gasteiger partial charge in [0.2, 0.25) is 11.6 Å². The van der Waals surface area contributed by atoms with E-state index in [0.29, 0.717) is 10.5 Å². The predicted molar refractivity (Wildman–Crippen MR) is 115 cm³/mol. The molecule has 146 valence electrons. The lowest BCUT2D eigenvalue weighted by Crippen LogP contribution is -2.11. The highest BCUT2D eigenvalue weighted by Gasteiger charge is 2.24. The minimum Gasteiger partial charge on any atom is -0.442 e. The molecule has 0 N–H and O–H groups in total. The number of carbonyl (C=O) groups excluding carboxylic acids is 1. The normalized spacial score (nSPS) is 10.9. The number of esters is 1. The zero-order valence-corrected chi connectivity index (χ0v) is 18.2. The Hall–Kier alpha value is -2.77. The highest BCUT2D eigenvalue weighted by Crippen LogP contribution is 2.39. The average Bonchev–Trinajstić information content (AvgIpc) is 3.29. The SMILES string of the molecule is Cc1ccc(Sc2c(C)nn(-c3ccccc3)c2OC(=O)c2ccc(Br)o2)cc1. The number of rotatable bonds is 5. The van der Waals surface area contributed by atoms with E-state index in [1.165, 1.54) is 17.3 Å². The van der Waals surface area contributed by atoms with Gasteiger partial charge in [-0.05, 0) is 66.2 Å². The molecule has 0 aliphatic rings. The second kappa shape index (κ2) is 8.31. The van der Waals surface area contributed by atoms with E-state index in [-0.39, 0.29) is 5.76 Å². The third kappa shape index (κ3) is 4.31. The Bertz CT molecular complexity index is 1150. The van der Waals surface area contributed by atoms with Gasteiger partial charge in [-0.2, -0.15) is 9.78 Å². The minimum absolute atomic E-state index is 0.113. The Morgan fingerprint density at radius 1 is 1.03 bits per heavy atom. The van der Waals surface area contributed by atoms with Crippen LogP contribution < -0.4 is 4.74 Å². The van der Waals surface area contributed by atoms with Crippen LogP contribution in [0.15, 0.2) is 85.6 Å². The molecule has 0 unspecified atom stereocenters. The molecule has 0 aliphatic heterocycles. The van der Waals surface area contributed by atoms with Gasteiger partial charge in [0.1, 0.15) is 0 Å². The third-order valence-electron chi connectivity index (χ3n) is 4.17. The maximum absolute atomic E-state index is 12.7. The van der Waals surface area contributed by atoms with Crippen LogP contribution in [0.4, 0.5) is 0 Å². The Labute approximate surface area is 180 Å². The molecular formula is C22H17BrN2O3S. The molecule has 0 fully saturated rings. The van der Waals surface area contributed by atoms with Crippen LogP contribution in [0.5, 0.6) is 5.88 Å². The van der Waals surface area contributed by atoms with E-state index >= 15 is 0 Å². The molecule has 2 aromatic heterocycles.